The van der Waals surface area contributed by atoms with Gasteiger partial charge in [-0.05, 0) is 78.1 Å². The largest absolute Gasteiger partial charge is 0.493 e. The lowest BCUT2D eigenvalue weighted by atomic mass is 9.80. The number of aryl methyl sites for hydroxylation is 1. The van der Waals surface area contributed by atoms with Gasteiger partial charge in [-0.15, -0.1) is 0 Å². The van der Waals surface area contributed by atoms with Crippen LogP contribution in [-0.2, 0) is 11.8 Å². The third-order valence-electron chi connectivity index (χ3n) is 5.45. The van der Waals surface area contributed by atoms with Crippen LogP contribution in [0.15, 0.2) is 72.8 Å². The average Bonchev–Trinajstić information content (AvgIpc) is 2.75. The highest BCUT2D eigenvalue weighted by atomic mass is 19.1. The van der Waals surface area contributed by atoms with Gasteiger partial charge in [0, 0.05) is 0 Å². The van der Waals surface area contributed by atoms with Gasteiger partial charge in [0.2, 0.25) is 0 Å². The Kier molecular flexibility index (Phi) is 7.73. The summed E-state index contributed by atoms with van der Waals surface area (Å²) in [6.07, 6.45) is 2.92. The van der Waals surface area contributed by atoms with E-state index in [0.717, 1.165) is 37.2 Å². The van der Waals surface area contributed by atoms with Gasteiger partial charge in [-0.2, -0.15) is 0 Å². The van der Waals surface area contributed by atoms with Crippen molar-refractivity contribution < 1.29 is 13.9 Å². The van der Waals surface area contributed by atoms with E-state index in [2.05, 4.69) is 52.0 Å². The number of hydrogen-bond donors (Lipinski definition) is 0. The molecule has 0 saturated heterocycles. The maximum atomic E-state index is 14.2. The molecule has 0 saturated carbocycles. The molecule has 3 rings (SSSR count). The van der Waals surface area contributed by atoms with E-state index in [4.69, 9.17) is 9.47 Å². The molecule has 0 fully saturated rings. The maximum absolute atomic E-state index is 14.2. The van der Waals surface area contributed by atoms with Crippen LogP contribution in [0, 0.1) is 11.7 Å². The average molecular weight is 421 g/mol. The van der Waals surface area contributed by atoms with Crippen molar-refractivity contribution in [3.05, 3.63) is 89.7 Å². The molecule has 31 heavy (non-hydrogen) atoms. The SMILES string of the molecule is CC(C)COc1ccc(C(C)(C)CCCc2ccc(F)c(Oc3ccccc3)c2)cc1. The molecule has 3 aromatic rings. The van der Waals surface area contributed by atoms with Crippen molar-refractivity contribution in [1.82, 2.24) is 0 Å². The molecule has 0 bridgehead atoms. The minimum absolute atomic E-state index is 0.0555. The van der Waals surface area contributed by atoms with Crippen molar-refractivity contribution in [1.29, 1.82) is 0 Å². The van der Waals surface area contributed by atoms with Crippen LogP contribution in [0.4, 0.5) is 4.39 Å². The summed E-state index contributed by atoms with van der Waals surface area (Å²) in [7, 11) is 0. The maximum Gasteiger partial charge on any atom is 0.165 e. The summed E-state index contributed by atoms with van der Waals surface area (Å²) >= 11 is 0. The van der Waals surface area contributed by atoms with E-state index < -0.39 is 0 Å². The topological polar surface area (TPSA) is 18.5 Å². The van der Waals surface area contributed by atoms with Crippen LogP contribution in [0.2, 0.25) is 0 Å². The van der Waals surface area contributed by atoms with E-state index in [1.807, 2.05) is 42.5 Å². The van der Waals surface area contributed by atoms with Crippen LogP contribution in [0.3, 0.4) is 0 Å². The third kappa shape index (κ3) is 6.85. The highest BCUT2D eigenvalue weighted by Crippen LogP contribution is 2.31. The molecule has 2 nitrogen and oxygen atoms in total. The molecule has 3 heteroatoms. The van der Waals surface area contributed by atoms with E-state index >= 15 is 0 Å². The van der Waals surface area contributed by atoms with Crippen LogP contribution < -0.4 is 9.47 Å². The van der Waals surface area contributed by atoms with E-state index in [1.165, 1.54) is 11.6 Å². The monoisotopic (exact) mass is 420 g/mol. The first-order valence-electron chi connectivity index (χ1n) is 11.1. The van der Waals surface area contributed by atoms with Gasteiger partial charge in [0.05, 0.1) is 6.61 Å². The van der Waals surface area contributed by atoms with Crippen molar-refractivity contribution in [2.45, 2.75) is 52.4 Å². The Morgan fingerprint density at radius 2 is 1.58 bits per heavy atom. The van der Waals surface area contributed by atoms with E-state index in [0.29, 0.717) is 11.7 Å². The molecule has 0 N–H and O–H groups in total. The molecule has 0 aliphatic carbocycles. The summed E-state index contributed by atoms with van der Waals surface area (Å²) in [4.78, 5) is 0. The van der Waals surface area contributed by atoms with Gasteiger partial charge in [0.15, 0.2) is 11.6 Å². The third-order valence-corrected chi connectivity index (χ3v) is 5.45. The second-order valence-corrected chi connectivity index (χ2v) is 9.15. The number of halogens is 1. The second-order valence-electron chi connectivity index (χ2n) is 9.15. The predicted octanol–water partition coefficient (Wildman–Crippen LogP) is 7.95. The Hall–Kier alpha value is -2.81. The molecule has 0 spiro atoms. The van der Waals surface area contributed by atoms with Crippen molar-refractivity contribution in [2.75, 3.05) is 6.61 Å². The van der Waals surface area contributed by atoms with Crippen molar-refractivity contribution in [2.24, 2.45) is 5.92 Å². The molecule has 0 unspecified atom stereocenters. The fourth-order valence-corrected chi connectivity index (χ4v) is 3.54. The van der Waals surface area contributed by atoms with Gasteiger partial charge in [-0.25, -0.2) is 4.39 Å². The molecule has 0 aromatic heterocycles. The van der Waals surface area contributed by atoms with Crippen LogP contribution in [0.25, 0.3) is 0 Å². The lowest BCUT2D eigenvalue weighted by molar-refractivity contribution is 0.271. The molecule has 0 heterocycles. The Morgan fingerprint density at radius 3 is 2.26 bits per heavy atom. The van der Waals surface area contributed by atoms with Crippen LogP contribution in [-0.4, -0.2) is 6.61 Å². The molecule has 164 valence electrons. The molecule has 0 amide bonds. The normalized spacial score (nSPS) is 11.5. The van der Waals surface area contributed by atoms with Gasteiger partial charge < -0.3 is 9.47 Å². The van der Waals surface area contributed by atoms with E-state index in [1.54, 1.807) is 0 Å². The first kappa shape index (κ1) is 22.9. The number of hydrogen-bond acceptors (Lipinski definition) is 2. The van der Waals surface area contributed by atoms with Crippen LogP contribution in [0.5, 0.6) is 17.2 Å². The zero-order valence-corrected chi connectivity index (χ0v) is 19.0. The lowest BCUT2D eigenvalue weighted by Crippen LogP contribution is -2.17. The minimum Gasteiger partial charge on any atom is -0.493 e. The Bertz CT molecular complexity index is 947. The van der Waals surface area contributed by atoms with Crippen molar-refractivity contribution in [3.8, 4) is 17.2 Å². The summed E-state index contributed by atoms with van der Waals surface area (Å²) in [5.41, 5.74) is 2.44. The minimum atomic E-state index is -0.340. The first-order chi connectivity index (χ1) is 14.8. The standard InChI is InChI=1S/C28H33FO2/c1-21(2)20-30-24-15-13-23(14-16-24)28(3,4)18-8-9-22-12-17-26(29)27(19-22)31-25-10-6-5-7-11-25/h5-7,10-17,19,21H,8-9,18,20H2,1-4H3. The Labute approximate surface area is 186 Å². The molecular formula is C28H33FO2. The van der Waals surface area contributed by atoms with Gasteiger partial charge in [0.1, 0.15) is 11.5 Å². The zero-order chi connectivity index (χ0) is 22.3. The molecule has 0 radical (unpaired) electrons. The Morgan fingerprint density at radius 1 is 0.871 bits per heavy atom. The van der Waals surface area contributed by atoms with Crippen molar-refractivity contribution >= 4 is 0 Å². The number of rotatable bonds is 10. The summed E-state index contributed by atoms with van der Waals surface area (Å²) < 4.78 is 25.7. The zero-order valence-electron chi connectivity index (χ0n) is 19.0. The summed E-state index contributed by atoms with van der Waals surface area (Å²) in [6, 6.07) is 22.9. The van der Waals surface area contributed by atoms with E-state index in [-0.39, 0.29) is 17.0 Å². The molecule has 0 aliphatic rings. The quantitative estimate of drug-likeness (QED) is 0.331. The van der Waals surface area contributed by atoms with Gasteiger partial charge >= 0.3 is 0 Å². The van der Waals surface area contributed by atoms with Gasteiger partial charge in [-0.1, -0.05) is 64.1 Å². The van der Waals surface area contributed by atoms with Crippen LogP contribution >= 0.6 is 0 Å². The molecular weight excluding hydrogens is 387 g/mol. The summed E-state index contributed by atoms with van der Waals surface area (Å²) in [5, 5.41) is 0. The van der Waals surface area contributed by atoms with Gasteiger partial charge in [-0.3, -0.25) is 0 Å². The fraction of sp³-hybridized carbons (Fsp3) is 0.357. The van der Waals surface area contributed by atoms with Gasteiger partial charge in [0.25, 0.3) is 0 Å². The number of ether oxygens (including phenoxy) is 2. The van der Waals surface area contributed by atoms with E-state index in [9.17, 15) is 4.39 Å². The fourth-order valence-electron chi connectivity index (χ4n) is 3.54. The molecule has 0 atom stereocenters. The second kappa shape index (κ2) is 10.5. The number of para-hydroxylation sites is 1. The molecule has 3 aromatic carbocycles. The highest BCUT2D eigenvalue weighted by molar-refractivity contribution is 5.35. The Balaban J connectivity index is 1.57. The first-order valence-corrected chi connectivity index (χ1v) is 11.1. The molecule has 0 aliphatic heterocycles. The predicted molar refractivity (Wildman–Crippen MR) is 126 cm³/mol. The summed E-state index contributed by atoms with van der Waals surface area (Å²) in [5.74, 6) is 2.01. The van der Waals surface area contributed by atoms with Crippen LogP contribution in [0.1, 0.15) is 51.7 Å². The number of benzene rings is 3. The highest BCUT2D eigenvalue weighted by Gasteiger charge is 2.20. The lowest BCUT2D eigenvalue weighted by Gasteiger charge is -2.25. The summed E-state index contributed by atoms with van der Waals surface area (Å²) in [6.45, 7) is 9.57. The smallest absolute Gasteiger partial charge is 0.165 e. The van der Waals surface area contributed by atoms with Crippen molar-refractivity contribution in [3.63, 3.8) is 0 Å².